The van der Waals surface area contributed by atoms with Gasteiger partial charge in [-0.3, -0.25) is 0 Å². The fourth-order valence-corrected chi connectivity index (χ4v) is 2.53. The van der Waals surface area contributed by atoms with E-state index in [0.717, 1.165) is 12.1 Å². The van der Waals surface area contributed by atoms with Crippen molar-refractivity contribution < 1.29 is 12.8 Å². The molecule has 0 saturated carbocycles. The van der Waals surface area contributed by atoms with E-state index in [1.807, 2.05) is 0 Å². The summed E-state index contributed by atoms with van der Waals surface area (Å²) in [6.45, 7) is 0.941. The first-order valence-electron chi connectivity index (χ1n) is 5.06. The molecule has 0 spiro atoms. The smallest absolute Gasteiger partial charge is 0.243 e. The Hall–Kier alpha value is -0.400. The summed E-state index contributed by atoms with van der Waals surface area (Å²) in [5.41, 5.74) is 0. The maximum absolute atomic E-state index is 13.4. The minimum Gasteiger partial charge on any atom is -0.320 e. The van der Waals surface area contributed by atoms with Gasteiger partial charge in [0.15, 0.2) is 0 Å². The molecule has 0 heterocycles. The minimum atomic E-state index is -3.80. The molecule has 0 radical (unpaired) electrons. The Morgan fingerprint density at radius 1 is 1.33 bits per heavy atom. The van der Waals surface area contributed by atoms with Gasteiger partial charge in [-0.25, -0.2) is 17.5 Å². The van der Waals surface area contributed by atoms with E-state index in [2.05, 4.69) is 10.0 Å². The molecular formula is C10H15Cl2FN2O2S. The van der Waals surface area contributed by atoms with Gasteiger partial charge in [0.25, 0.3) is 0 Å². The van der Waals surface area contributed by atoms with Crippen molar-refractivity contribution in [1.82, 2.24) is 10.0 Å². The average molecular weight is 317 g/mol. The van der Waals surface area contributed by atoms with Crippen LogP contribution in [0.1, 0.15) is 6.42 Å². The standard InChI is InChI=1S/C10H14ClFN2O2S.ClH/c1-13-5-2-6-14-17(15,16)10-4-3-8(11)7-9(10)12;/h3-4,7,13-14H,2,5-6H2,1H3;1H. The van der Waals surface area contributed by atoms with Crippen molar-refractivity contribution in [3.63, 3.8) is 0 Å². The fourth-order valence-electron chi connectivity index (χ4n) is 1.24. The molecule has 0 unspecified atom stereocenters. The van der Waals surface area contributed by atoms with Crippen LogP contribution in [-0.2, 0) is 10.0 Å². The Labute approximate surface area is 117 Å². The number of nitrogens with one attached hydrogen (secondary N) is 2. The molecule has 0 aliphatic carbocycles. The highest BCUT2D eigenvalue weighted by Gasteiger charge is 2.18. The molecule has 0 aromatic heterocycles. The van der Waals surface area contributed by atoms with Gasteiger partial charge in [-0.1, -0.05) is 11.6 Å². The third kappa shape index (κ3) is 5.07. The first kappa shape index (κ1) is 17.6. The predicted octanol–water partition coefficient (Wildman–Crippen LogP) is 1.79. The monoisotopic (exact) mass is 316 g/mol. The van der Waals surface area contributed by atoms with E-state index >= 15 is 0 Å². The van der Waals surface area contributed by atoms with E-state index in [4.69, 9.17) is 11.6 Å². The van der Waals surface area contributed by atoms with E-state index in [1.54, 1.807) is 7.05 Å². The quantitative estimate of drug-likeness (QED) is 0.787. The molecular weight excluding hydrogens is 302 g/mol. The first-order chi connectivity index (χ1) is 7.97. The zero-order valence-corrected chi connectivity index (χ0v) is 12.1. The molecule has 0 aliphatic rings. The normalized spacial score (nSPS) is 11.1. The lowest BCUT2D eigenvalue weighted by molar-refractivity contribution is 0.554. The molecule has 104 valence electrons. The topological polar surface area (TPSA) is 58.2 Å². The third-order valence-corrected chi connectivity index (χ3v) is 3.81. The van der Waals surface area contributed by atoms with E-state index in [9.17, 15) is 12.8 Å². The largest absolute Gasteiger partial charge is 0.320 e. The second kappa shape index (κ2) is 7.91. The summed E-state index contributed by atoms with van der Waals surface area (Å²) in [7, 11) is -2.03. The summed E-state index contributed by atoms with van der Waals surface area (Å²) in [5.74, 6) is -0.849. The van der Waals surface area contributed by atoms with Crippen molar-refractivity contribution in [2.24, 2.45) is 0 Å². The number of hydrogen-bond donors (Lipinski definition) is 2. The molecule has 1 aromatic rings. The SMILES string of the molecule is CNCCCNS(=O)(=O)c1ccc(Cl)cc1F.Cl. The predicted molar refractivity (Wildman–Crippen MR) is 72.4 cm³/mol. The van der Waals surface area contributed by atoms with Crippen LogP contribution in [0.25, 0.3) is 0 Å². The summed E-state index contributed by atoms with van der Waals surface area (Å²) in [4.78, 5) is -0.383. The van der Waals surface area contributed by atoms with Crippen LogP contribution < -0.4 is 10.0 Å². The molecule has 2 N–H and O–H groups in total. The van der Waals surface area contributed by atoms with Crippen molar-refractivity contribution >= 4 is 34.0 Å². The fraction of sp³-hybridized carbons (Fsp3) is 0.400. The molecule has 0 atom stereocenters. The minimum absolute atomic E-state index is 0. The van der Waals surface area contributed by atoms with Gasteiger partial charge in [-0.15, -0.1) is 12.4 Å². The van der Waals surface area contributed by atoms with Gasteiger partial charge in [0, 0.05) is 11.6 Å². The van der Waals surface area contributed by atoms with Crippen molar-refractivity contribution in [3.05, 3.63) is 29.0 Å². The highest BCUT2D eigenvalue weighted by atomic mass is 35.5. The Bertz CT molecular complexity index is 483. The van der Waals surface area contributed by atoms with Crippen LogP contribution in [0.4, 0.5) is 4.39 Å². The molecule has 0 aliphatic heterocycles. The van der Waals surface area contributed by atoms with Crippen molar-refractivity contribution in [1.29, 1.82) is 0 Å². The number of benzene rings is 1. The van der Waals surface area contributed by atoms with Crippen LogP contribution in [0.15, 0.2) is 23.1 Å². The zero-order chi connectivity index (χ0) is 12.9. The van der Waals surface area contributed by atoms with Crippen molar-refractivity contribution in [2.75, 3.05) is 20.1 Å². The van der Waals surface area contributed by atoms with Gasteiger partial charge < -0.3 is 5.32 Å². The summed E-state index contributed by atoms with van der Waals surface area (Å²) in [5, 5.41) is 3.05. The van der Waals surface area contributed by atoms with Gasteiger partial charge in [0.2, 0.25) is 10.0 Å². The molecule has 8 heteroatoms. The highest BCUT2D eigenvalue weighted by Crippen LogP contribution is 2.18. The van der Waals surface area contributed by atoms with Crippen LogP contribution in [0.2, 0.25) is 5.02 Å². The summed E-state index contributed by atoms with van der Waals surface area (Å²) >= 11 is 5.55. The lowest BCUT2D eigenvalue weighted by Crippen LogP contribution is -2.27. The Morgan fingerprint density at radius 2 is 2.00 bits per heavy atom. The number of rotatable bonds is 6. The maximum Gasteiger partial charge on any atom is 0.243 e. The third-order valence-electron chi connectivity index (χ3n) is 2.08. The van der Waals surface area contributed by atoms with E-state index < -0.39 is 15.8 Å². The Kier molecular flexibility index (Phi) is 7.73. The second-order valence-electron chi connectivity index (χ2n) is 3.43. The Balaban J connectivity index is 0.00000289. The molecule has 0 saturated heterocycles. The van der Waals surface area contributed by atoms with E-state index in [-0.39, 0.29) is 28.9 Å². The van der Waals surface area contributed by atoms with Gasteiger partial charge >= 0.3 is 0 Å². The van der Waals surface area contributed by atoms with Gasteiger partial charge in [0.1, 0.15) is 10.7 Å². The highest BCUT2D eigenvalue weighted by molar-refractivity contribution is 7.89. The van der Waals surface area contributed by atoms with Crippen LogP contribution in [0, 0.1) is 5.82 Å². The lowest BCUT2D eigenvalue weighted by atomic mass is 10.3. The summed E-state index contributed by atoms with van der Waals surface area (Å²) in [6, 6.07) is 3.47. The van der Waals surface area contributed by atoms with Crippen LogP contribution in [0.5, 0.6) is 0 Å². The number of halogens is 3. The van der Waals surface area contributed by atoms with Crippen LogP contribution in [0.3, 0.4) is 0 Å². The molecule has 1 aromatic carbocycles. The van der Waals surface area contributed by atoms with E-state index in [1.165, 1.54) is 6.07 Å². The molecule has 1 rings (SSSR count). The zero-order valence-electron chi connectivity index (χ0n) is 9.74. The molecule has 0 amide bonds. The maximum atomic E-state index is 13.4. The summed E-state index contributed by atoms with van der Waals surface area (Å²) < 4.78 is 39.2. The van der Waals surface area contributed by atoms with Gasteiger partial charge in [-0.2, -0.15) is 0 Å². The molecule has 0 fully saturated rings. The molecule has 4 nitrogen and oxygen atoms in total. The number of hydrogen-bond acceptors (Lipinski definition) is 3. The van der Waals surface area contributed by atoms with Gasteiger partial charge in [-0.05, 0) is 38.2 Å². The Morgan fingerprint density at radius 3 is 2.56 bits per heavy atom. The second-order valence-corrected chi connectivity index (χ2v) is 5.60. The van der Waals surface area contributed by atoms with Crippen molar-refractivity contribution in [3.8, 4) is 0 Å². The van der Waals surface area contributed by atoms with Crippen molar-refractivity contribution in [2.45, 2.75) is 11.3 Å². The van der Waals surface area contributed by atoms with Gasteiger partial charge in [0.05, 0.1) is 0 Å². The lowest BCUT2D eigenvalue weighted by Gasteiger charge is -2.07. The average Bonchev–Trinajstić information content (AvgIpc) is 2.24. The molecule has 18 heavy (non-hydrogen) atoms. The van der Waals surface area contributed by atoms with Crippen LogP contribution in [-0.4, -0.2) is 28.6 Å². The summed E-state index contributed by atoms with van der Waals surface area (Å²) in [6.07, 6.45) is 0.630. The van der Waals surface area contributed by atoms with E-state index in [0.29, 0.717) is 13.0 Å². The molecule has 0 bridgehead atoms. The van der Waals surface area contributed by atoms with Crippen LogP contribution >= 0.6 is 24.0 Å². The first-order valence-corrected chi connectivity index (χ1v) is 6.93. The number of sulfonamides is 1.